The fourth-order valence-electron chi connectivity index (χ4n) is 2.63. The molecule has 0 spiro atoms. The molecule has 2 N–H and O–H groups in total. The number of ether oxygens (including phenoxy) is 1. The minimum Gasteiger partial charge on any atom is -0.497 e. The van der Waals surface area contributed by atoms with E-state index in [0.29, 0.717) is 36.2 Å². The van der Waals surface area contributed by atoms with Crippen LogP contribution in [-0.4, -0.2) is 36.3 Å². The number of rotatable bonds is 8. The molecule has 0 amide bonds. The molecule has 0 atom stereocenters. The summed E-state index contributed by atoms with van der Waals surface area (Å²) in [4.78, 5) is 9.03. The third-order valence-corrected chi connectivity index (χ3v) is 4.34. The molecule has 3 rings (SSSR count). The SMILES string of the molecule is CCNC(=NCc1ccc(OC)cc1)NCCc1nc(-c2cccc(Cl)c2)no1. The molecule has 2 aromatic carbocycles. The summed E-state index contributed by atoms with van der Waals surface area (Å²) in [5.41, 5.74) is 1.93. The fraction of sp³-hybridized carbons (Fsp3) is 0.286. The zero-order valence-corrected chi connectivity index (χ0v) is 17.2. The third-order valence-electron chi connectivity index (χ3n) is 4.11. The highest BCUT2D eigenvalue weighted by Gasteiger charge is 2.09. The van der Waals surface area contributed by atoms with Crippen LogP contribution >= 0.6 is 11.6 Å². The average Bonchev–Trinajstić information content (AvgIpc) is 3.21. The van der Waals surface area contributed by atoms with Gasteiger partial charge in [0.25, 0.3) is 0 Å². The molecule has 7 nitrogen and oxygen atoms in total. The van der Waals surface area contributed by atoms with E-state index in [1.54, 1.807) is 7.11 Å². The van der Waals surface area contributed by atoms with E-state index in [0.717, 1.165) is 29.4 Å². The molecule has 1 aromatic heterocycles. The smallest absolute Gasteiger partial charge is 0.228 e. The largest absolute Gasteiger partial charge is 0.497 e. The molecule has 8 heteroatoms. The van der Waals surface area contributed by atoms with Crippen molar-refractivity contribution >= 4 is 17.6 Å². The van der Waals surface area contributed by atoms with Crippen LogP contribution in [-0.2, 0) is 13.0 Å². The second-order valence-electron chi connectivity index (χ2n) is 6.24. The summed E-state index contributed by atoms with van der Waals surface area (Å²) in [6.07, 6.45) is 0.584. The van der Waals surface area contributed by atoms with E-state index in [-0.39, 0.29) is 0 Å². The van der Waals surface area contributed by atoms with Gasteiger partial charge in [-0.05, 0) is 36.8 Å². The van der Waals surface area contributed by atoms with E-state index in [1.165, 1.54) is 0 Å². The van der Waals surface area contributed by atoms with Gasteiger partial charge in [0, 0.05) is 30.1 Å². The molecule has 0 fully saturated rings. The number of aromatic nitrogens is 2. The van der Waals surface area contributed by atoms with E-state index >= 15 is 0 Å². The Labute approximate surface area is 175 Å². The van der Waals surface area contributed by atoms with Crippen LogP contribution in [0.3, 0.4) is 0 Å². The Morgan fingerprint density at radius 3 is 2.72 bits per heavy atom. The van der Waals surface area contributed by atoms with Gasteiger partial charge in [-0.3, -0.25) is 0 Å². The lowest BCUT2D eigenvalue weighted by atomic mass is 10.2. The van der Waals surface area contributed by atoms with Crippen molar-refractivity contribution in [2.45, 2.75) is 19.9 Å². The number of nitrogens with zero attached hydrogens (tertiary/aromatic N) is 3. The molecule has 0 aliphatic heterocycles. The van der Waals surface area contributed by atoms with E-state index < -0.39 is 0 Å². The van der Waals surface area contributed by atoms with Gasteiger partial charge in [0.2, 0.25) is 11.7 Å². The summed E-state index contributed by atoms with van der Waals surface area (Å²) in [7, 11) is 1.65. The number of halogens is 1. The zero-order valence-electron chi connectivity index (χ0n) is 16.5. The molecular formula is C21H24ClN5O2. The Morgan fingerprint density at radius 1 is 1.17 bits per heavy atom. The summed E-state index contributed by atoms with van der Waals surface area (Å²) < 4.78 is 10.5. The summed E-state index contributed by atoms with van der Waals surface area (Å²) in [6.45, 7) is 3.98. The van der Waals surface area contributed by atoms with Gasteiger partial charge in [0.15, 0.2) is 5.96 Å². The van der Waals surface area contributed by atoms with E-state index in [2.05, 4.69) is 25.8 Å². The molecule has 1 heterocycles. The third kappa shape index (κ3) is 6.22. The topological polar surface area (TPSA) is 84.6 Å². The van der Waals surface area contributed by atoms with Gasteiger partial charge in [-0.15, -0.1) is 0 Å². The lowest BCUT2D eigenvalue weighted by Crippen LogP contribution is -2.38. The van der Waals surface area contributed by atoms with Gasteiger partial charge in [-0.1, -0.05) is 41.0 Å². The lowest BCUT2D eigenvalue weighted by Gasteiger charge is -2.10. The number of hydrogen-bond donors (Lipinski definition) is 2. The van der Waals surface area contributed by atoms with Crippen molar-refractivity contribution in [3.63, 3.8) is 0 Å². The van der Waals surface area contributed by atoms with Gasteiger partial charge in [-0.2, -0.15) is 4.98 Å². The standard InChI is InChI=1S/C21H24ClN5O2/c1-3-23-21(25-14-15-7-9-18(28-2)10-8-15)24-12-11-19-26-20(27-29-19)16-5-4-6-17(22)13-16/h4-10,13H,3,11-12,14H2,1-2H3,(H2,23,24,25). The number of nitrogens with one attached hydrogen (secondary N) is 2. The minimum absolute atomic E-state index is 0.530. The summed E-state index contributed by atoms with van der Waals surface area (Å²) >= 11 is 6.02. The first-order chi connectivity index (χ1) is 14.2. The molecule has 0 aliphatic carbocycles. The fourth-order valence-corrected chi connectivity index (χ4v) is 2.82. The van der Waals surface area contributed by atoms with Crippen molar-refractivity contribution in [1.29, 1.82) is 0 Å². The van der Waals surface area contributed by atoms with Gasteiger partial charge in [0.05, 0.1) is 13.7 Å². The van der Waals surface area contributed by atoms with Gasteiger partial charge >= 0.3 is 0 Å². The maximum absolute atomic E-state index is 6.02. The summed E-state index contributed by atoms with van der Waals surface area (Å²) in [5, 5.41) is 11.2. The zero-order chi connectivity index (χ0) is 20.5. The second kappa shape index (κ2) is 10.5. The molecule has 0 radical (unpaired) electrons. The summed E-state index contributed by atoms with van der Waals surface area (Å²) in [6, 6.07) is 15.2. The Hall–Kier alpha value is -3.06. The quantitative estimate of drug-likeness (QED) is 0.432. The first-order valence-electron chi connectivity index (χ1n) is 9.41. The van der Waals surface area contributed by atoms with Gasteiger partial charge in [-0.25, -0.2) is 4.99 Å². The van der Waals surface area contributed by atoms with Gasteiger partial charge < -0.3 is 19.9 Å². The Bertz CT molecular complexity index is 940. The minimum atomic E-state index is 0.530. The molecule has 29 heavy (non-hydrogen) atoms. The van der Waals surface area contributed by atoms with Crippen LogP contribution in [0.2, 0.25) is 5.02 Å². The molecule has 0 aliphatic rings. The predicted molar refractivity (Wildman–Crippen MR) is 114 cm³/mol. The highest BCUT2D eigenvalue weighted by molar-refractivity contribution is 6.30. The van der Waals surface area contributed by atoms with Crippen LogP contribution in [0, 0.1) is 0 Å². The average molecular weight is 414 g/mol. The lowest BCUT2D eigenvalue weighted by molar-refractivity contribution is 0.378. The van der Waals surface area contributed by atoms with Crippen molar-refractivity contribution in [3.05, 3.63) is 65.0 Å². The van der Waals surface area contributed by atoms with Crippen LogP contribution in [0.15, 0.2) is 58.0 Å². The van der Waals surface area contributed by atoms with Crippen LogP contribution in [0.4, 0.5) is 0 Å². The highest BCUT2D eigenvalue weighted by Crippen LogP contribution is 2.19. The van der Waals surface area contributed by atoms with Crippen molar-refractivity contribution in [3.8, 4) is 17.1 Å². The molecule has 0 saturated carbocycles. The first kappa shape index (κ1) is 20.7. The molecule has 3 aromatic rings. The Balaban J connectivity index is 1.53. The highest BCUT2D eigenvalue weighted by atomic mass is 35.5. The molecule has 0 unspecified atom stereocenters. The monoisotopic (exact) mass is 413 g/mol. The van der Waals surface area contributed by atoms with Crippen molar-refractivity contribution in [2.24, 2.45) is 4.99 Å². The maximum atomic E-state index is 6.02. The van der Waals surface area contributed by atoms with E-state index in [4.69, 9.17) is 20.9 Å². The number of aliphatic imine (C=N–C) groups is 1. The van der Waals surface area contributed by atoms with Gasteiger partial charge in [0.1, 0.15) is 5.75 Å². The number of guanidine groups is 1. The molecular weight excluding hydrogens is 390 g/mol. The van der Waals surface area contributed by atoms with Crippen molar-refractivity contribution in [1.82, 2.24) is 20.8 Å². The van der Waals surface area contributed by atoms with Crippen LogP contribution in [0.5, 0.6) is 5.75 Å². The number of methoxy groups -OCH3 is 1. The Morgan fingerprint density at radius 2 is 2.00 bits per heavy atom. The maximum Gasteiger partial charge on any atom is 0.228 e. The summed E-state index contributed by atoms with van der Waals surface area (Å²) in [5.74, 6) is 2.65. The molecule has 0 bridgehead atoms. The number of benzene rings is 2. The second-order valence-corrected chi connectivity index (χ2v) is 6.68. The first-order valence-corrected chi connectivity index (χ1v) is 9.79. The normalized spacial score (nSPS) is 11.3. The van der Waals surface area contributed by atoms with Crippen LogP contribution < -0.4 is 15.4 Å². The molecule has 152 valence electrons. The number of hydrogen-bond acceptors (Lipinski definition) is 5. The van der Waals surface area contributed by atoms with E-state index in [1.807, 2.05) is 55.5 Å². The van der Waals surface area contributed by atoms with Crippen molar-refractivity contribution < 1.29 is 9.26 Å². The Kier molecular flexibility index (Phi) is 7.47. The van der Waals surface area contributed by atoms with Crippen molar-refractivity contribution in [2.75, 3.05) is 20.2 Å². The molecule has 0 saturated heterocycles. The van der Waals surface area contributed by atoms with Crippen LogP contribution in [0.25, 0.3) is 11.4 Å². The van der Waals surface area contributed by atoms with E-state index in [9.17, 15) is 0 Å². The van der Waals surface area contributed by atoms with Crippen LogP contribution in [0.1, 0.15) is 18.4 Å². The predicted octanol–water partition coefficient (Wildman–Crippen LogP) is 3.70.